The van der Waals surface area contributed by atoms with E-state index in [1.54, 1.807) is 0 Å². The number of nitrogens with one attached hydrogen (secondary N) is 1. The summed E-state index contributed by atoms with van der Waals surface area (Å²) in [6, 6.07) is 6.63. The average Bonchev–Trinajstić information content (AvgIpc) is 2.46. The number of benzene rings is 1. The summed E-state index contributed by atoms with van der Waals surface area (Å²) < 4.78 is 0. The lowest BCUT2D eigenvalue weighted by Gasteiger charge is -2.31. The summed E-state index contributed by atoms with van der Waals surface area (Å²) in [4.78, 5) is 1.39. The SMILES string of the molecule is CCNC(CC)(CO)CCCSc1cc(C)ccc1C. The van der Waals surface area contributed by atoms with Gasteiger partial charge in [0.25, 0.3) is 0 Å². The second-order valence-corrected chi connectivity index (χ2v) is 6.68. The first-order chi connectivity index (χ1) is 9.56. The minimum absolute atomic E-state index is 0.0864. The topological polar surface area (TPSA) is 32.3 Å². The van der Waals surface area contributed by atoms with Gasteiger partial charge in [-0.05, 0) is 57.0 Å². The van der Waals surface area contributed by atoms with Crippen LogP contribution in [0, 0.1) is 13.8 Å². The maximum absolute atomic E-state index is 9.64. The second kappa shape index (κ2) is 8.71. The molecule has 0 radical (unpaired) electrons. The van der Waals surface area contributed by atoms with Crippen molar-refractivity contribution in [3.8, 4) is 0 Å². The van der Waals surface area contributed by atoms with Crippen LogP contribution in [0.3, 0.4) is 0 Å². The molecule has 0 aliphatic rings. The average molecular weight is 295 g/mol. The van der Waals surface area contributed by atoms with Crippen LogP contribution in [0.4, 0.5) is 0 Å². The molecular weight excluding hydrogens is 266 g/mol. The predicted octanol–water partition coefficient (Wildman–Crippen LogP) is 3.93. The van der Waals surface area contributed by atoms with E-state index >= 15 is 0 Å². The maximum atomic E-state index is 9.64. The number of aliphatic hydroxyl groups excluding tert-OH is 1. The Balaban J connectivity index is 2.45. The van der Waals surface area contributed by atoms with Crippen LogP contribution >= 0.6 is 11.8 Å². The van der Waals surface area contributed by atoms with E-state index in [9.17, 15) is 5.11 Å². The van der Waals surface area contributed by atoms with E-state index in [0.717, 1.165) is 31.6 Å². The van der Waals surface area contributed by atoms with Crippen molar-refractivity contribution in [3.63, 3.8) is 0 Å². The van der Waals surface area contributed by atoms with Crippen molar-refractivity contribution in [2.75, 3.05) is 18.9 Å². The molecule has 1 atom stereocenters. The number of hydrogen-bond acceptors (Lipinski definition) is 3. The molecule has 0 fully saturated rings. The Morgan fingerprint density at radius 2 is 2.00 bits per heavy atom. The van der Waals surface area contributed by atoms with E-state index in [4.69, 9.17) is 0 Å². The van der Waals surface area contributed by atoms with Crippen molar-refractivity contribution in [2.24, 2.45) is 0 Å². The Bertz CT molecular complexity index is 402. The monoisotopic (exact) mass is 295 g/mol. The quantitative estimate of drug-likeness (QED) is 0.535. The predicted molar refractivity (Wildman–Crippen MR) is 89.7 cm³/mol. The first-order valence-corrected chi connectivity index (χ1v) is 8.61. The van der Waals surface area contributed by atoms with Gasteiger partial charge in [0, 0.05) is 10.4 Å². The van der Waals surface area contributed by atoms with Crippen molar-refractivity contribution in [3.05, 3.63) is 29.3 Å². The Labute approximate surface area is 128 Å². The number of likely N-dealkylation sites (N-methyl/N-ethyl adjacent to an activating group) is 1. The van der Waals surface area contributed by atoms with Gasteiger partial charge in [-0.15, -0.1) is 11.8 Å². The Hall–Kier alpha value is -0.510. The number of thioether (sulfide) groups is 1. The molecule has 0 aliphatic carbocycles. The lowest BCUT2D eigenvalue weighted by Crippen LogP contribution is -2.48. The number of aryl methyl sites for hydroxylation is 2. The zero-order valence-corrected chi connectivity index (χ0v) is 14.1. The van der Waals surface area contributed by atoms with Gasteiger partial charge < -0.3 is 10.4 Å². The van der Waals surface area contributed by atoms with E-state index < -0.39 is 0 Å². The van der Waals surface area contributed by atoms with E-state index in [1.165, 1.54) is 16.0 Å². The molecule has 2 nitrogen and oxygen atoms in total. The van der Waals surface area contributed by atoms with Crippen LogP contribution in [-0.4, -0.2) is 29.5 Å². The highest BCUT2D eigenvalue weighted by atomic mass is 32.2. The molecule has 114 valence electrons. The lowest BCUT2D eigenvalue weighted by atomic mass is 9.91. The Kier molecular flexibility index (Phi) is 7.63. The van der Waals surface area contributed by atoms with E-state index in [2.05, 4.69) is 51.2 Å². The van der Waals surface area contributed by atoms with Crippen LogP contribution in [0.5, 0.6) is 0 Å². The zero-order valence-electron chi connectivity index (χ0n) is 13.3. The fraction of sp³-hybridized carbons (Fsp3) is 0.647. The second-order valence-electron chi connectivity index (χ2n) is 5.54. The third kappa shape index (κ3) is 5.12. The molecule has 0 aliphatic heterocycles. The van der Waals surface area contributed by atoms with Crippen molar-refractivity contribution in [2.45, 2.75) is 57.4 Å². The molecule has 20 heavy (non-hydrogen) atoms. The smallest absolute Gasteiger partial charge is 0.0613 e. The minimum atomic E-state index is -0.0864. The Morgan fingerprint density at radius 3 is 2.60 bits per heavy atom. The maximum Gasteiger partial charge on any atom is 0.0613 e. The summed E-state index contributed by atoms with van der Waals surface area (Å²) in [5.41, 5.74) is 2.59. The van der Waals surface area contributed by atoms with E-state index in [1.807, 2.05) is 11.8 Å². The van der Waals surface area contributed by atoms with Crippen LogP contribution in [0.25, 0.3) is 0 Å². The summed E-state index contributed by atoms with van der Waals surface area (Å²) in [5, 5.41) is 13.1. The van der Waals surface area contributed by atoms with Gasteiger partial charge in [0.2, 0.25) is 0 Å². The molecule has 0 amide bonds. The molecule has 0 saturated heterocycles. The fourth-order valence-electron chi connectivity index (χ4n) is 2.47. The van der Waals surface area contributed by atoms with E-state index in [-0.39, 0.29) is 12.1 Å². The van der Waals surface area contributed by atoms with Crippen LogP contribution in [0.2, 0.25) is 0 Å². The Morgan fingerprint density at radius 1 is 1.25 bits per heavy atom. The molecule has 0 spiro atoms. The van der Waals surface area contributed by atoms with Crippen LogP contribution < -0.4 is 5.32 Å². The fourth-order valence-corrected chi connectivity index (χ4v) is 3.54. The highest BCUT2D eigenvalue weighted by Crippen LogP contribution is 2.26. The largest absolute Gasteiger partial charge is 0.394 e. The molecule has 1 aromatic carbocycles. The van der Waals surface area contributed by atoms with Crippen LogP contribution in [-0.2, 0) is 0 Å². The molecule has 1 unspecified atom stereocenters. The lowest BCUT2D eigenvalue weighted by molar-refractivity contribution is 0.148. The van der Waals surface area contributed by atoms with Gasteiger partial charge in [0.05, 0.1) is 6.61 Å². The molecular formula is C17H29NOS. The van der Waals surface area contributed by atoms with Crippen LogP contribution in [0.15, 0.2) is 23.1 Å². The molecule has 0 aromatic heterocycles. The molecule has 0 heterocycles. The van der Waals surface area contributed by atoms with Gasteiger partial charge in [-0.25, -0.2) is 0 Å². The highest BCUT2D eigenvalue weighted by molar-refractivity contribution is 7.99. The summed E-state index contributed by atoms with van der Waals surface area (Å²) in [5.74, 6) is 1.11. The van der Waals surface area contributed by atoms with Gasteiger partial charge in [-0.3, -0.25) is 0 Å². The van der Waals surface area contributed by atoms with Gasteiger partial charge in [0.15, 0.2) is 0 Å². The van der Waals surface area contributed by atoms with Crippen LogP contribution in [0.1, 0.15) is 44.2 Å². The summed E-state index contributed by atoms with van der Waals surface area (Å²) in [6.07, 6.45) is 3.14. The van der Waals surface area contributed by atoms with Crippen molar-refractivity contribution >= 4 is 11.8 Å². The molecule has 0 bridgehead atoms. The third-order valence-electron chi connectivity index (χ3n) is 3.93. The van der Waals surface area contributed by atoms with Gasteiger partial charge in [0.1, 0.15) is 0 Å². The normalized spacial score (nSPS) is 14.2. The summed E-state index contributed by atoms with van der Waals surface area (Å²) >= 11 is 1.93. The first-order valence-electron chi connectivity index (χ1n) is 7.63. The van der Waals surface area contributed by atoms with Crippen molar-refractivity contribution in [1.29, 1.82) is 0 Å². The van der Waals surface area contributed by atoms with Crippen molar-refractivity contribution in [1.82, 2.24) is 5.32 Å². The molecule has 0 saturated carbocycles. The zero-order chi connectivity index (χ0) is 15.0. The van der Waals surface area contributed by atoms with Crippen molar-refractivity contribution < 1.29 is 5.11 Å². The third-order valence-corrected chi connectivity index (χ3v) is 5.18. The number of rotatable bonds is 9. The highest BCUT2D eigenvalue weighted by Gasteiger charge is 2.25. The van der Waals surface area contributed by atoms with Gasteiger partial charge >= 0.3 is 0 Å². The summed E-state index contributed by atoms with van der Waals surface area (Å²) in [7, 11) is 0. The molecule has 1 rings (SSSR count). The molecule has 3 heteroatoms. The van der Waals surface area contributed by atoms with Gasteiger partial charge in [-0.1, -0.05) is 31.5 Å². The van der Waals surface area contributed by atoms with E-state index in [0.29, 0.717) is 0 Å². The molecule has 1 aromatic rings. The summed E-state index contributed by atoms with van der Waals surface area (Å²) in [6.45, 7) is 9.71. The first kappa shape index (κ1) is 17.5. The minimum Gasteiger partial charge on any atom is -0.394 e. The number of aliphatic hydroxyl groups is 1. The van der Waals surface area contributed by atoms with Gasteiger partial charge in [-0.2, -0.15) is 0 Å². The number of hydrogen-bond donors (Lipinski definition) is 2. The molecule has 2 N–H and O–H groups in total. The standard InChI is InChI=1S/C17H29NOS/c1-5-17(13-19,18-6-2)10-7-11-20-16-12-14(3)8-9-15(16)4/h8-9,12,18-19H,5-7,10-11,13H2,1-4H3.